The van der Waals surface area contributed by atoms with Crippen LogP contribution in [0.1, 0.15) is 33.8 Å². The van der Waals surface area contributed by atoms with Crippen LogP contribution < -0.4 is 4.74 Å². The first-order chi connectivity index (χ1) is 16.0. The fraction of sp³-hybridized carbons (Fsp3) is 0.280. The van der Waals surface area contributed by atoms with Crippen molar-refractivity contribution in [2.24, 2.45) is 0 Å². The van der Waals surface area contributed by atoms with Gasteiger partial charge in [0.2, 0.25) is 5.91 Å². The Bertz CT molecular complexity index is 1150. The third kappa shape index (κ3) is 5.37. The number of carbonyl (C=O) groups excluding carboxylic acids is 2. The summed E-state index contributed by atoms with van der Waals surface area (Å²) in [5, 5.41) is 2.48. The van der Waals surface area contributed by atoms with Gasteiger partial charge in [-0.3, -0.25) is 9.59 Å². The number of hydrogen-bond donors (Lipinski definition) is 0. The molecule has 1 aliphatic rings. The molecule has 0 saturated heterocycles. The lowest BCUT2D eigenvalue weighted by atomic mass is 10.0. The van der Waals surface area contributed by atoms with Gasteiger partial charge in [0.15, 0.2) is 0 Å². The monoisotopic (exact) mass is 486 g/mol. The van der Waals surface area contributed by atoms with Crippen LogP contribution in [0.2, 0.25) is 5.02 Å². The Kier molecular flexibility index (Phi) is 7.30. The van der Waals surface area contributed by atoms with Crippen molar-refractivity contribution in [3.63, 3.8) is 0 Å². The van der Waals surface area contributed by atoms with Crippen LogP contribution in [0.25, 0.3) is 0 Å². The van der Waals surface area contributed by atoms with Crippen LogP contribution in [0.4, 0.5) is 4.39 Å². The minimum Gasteiger partial charge on any atom is -0.491 e. The number of carbonyl (C=O) groups is 2. The standard InChI is InChI=1S/C25H24ClFN2O3S/c1-2-28(25(31)17-5-3-6-18(26)13-17)15-24(30)29-11-9-23-21(10-12-33-23)22(29)16-32-20-8-4-7-19(27)14-20/h3-8,10,12-14,22H,2,9,11,15-16H2,1H3/t22-/m0/s1. The summed E-state index contributed by atoms with van der Waals surface area (Å²) < 4.78 is 19.4. The molecular formula is C25H24ClFN2O3S. The molecule has 2 heterocycles. The lowest BCUT2D eigenvalue weighted by Crippen LogP contribution is -2.47. The van der Waals surface area contributed by atoms with Gasteiger partial charge in [0.05, 0.1) is 6.04 Å². The molecule has 0 fully saturated rings. The molecule has 3 aromatic rings. The minimum absolute atomic E-state index is 0.0439. The topological polar surface area (TPSA) is 49.9 Å². The van der Waals surface area contributed by atoms with E-state index in [0.717, 1.165) is 12.0 Å². The number of benzene rings is 2. The molecular weight excluding hydrogens is 463 g/mol. The highest BCUT2D eigenvalue weighted by Gasteiger charge is 2.33. The van der Waals surface area contributed by atoms with E-state index in [1.165, 1.54) is 21.9 Å². The van der Waals surface area contributed by atoms with Gasteiger partial charge in [0.25, 0.3) is 5.91 Å². The highest BCUT2D eigenvalue weighted by Crippen LogP contribution is 2.34. The first kappa shape index (κ1) is 23.3. The van der Waals surface area contributed by atoms with E-state index in [4.69, 9.17) is 16.3 Å². The summed E-state index contributed by atoms with van der Waals surface area (Å²) in [4.78, 5) is 30.8. The van der Waals surface area contributed by atoms with Crippen LogP contribution in [-0.4, -0.2) is 47.9 Å². The van der Waals surface area contributed by atoms with Gasteiger partial charge in [-0.25, -0.2) is 4.39 Å². The maximum Gasteiger partial charge on any atom is 0.254 e. The molecule has 33 heavy (non-hydrogen) atoms. The second-order valence-corrected chi connectivity index (χ2v) is 9.19. The number of rotatable bonds is 7. The molecule has 5 nitrogen and oxygen atoms in total. The predicted octanol–water partition coefficient (Wildman–Crippen LogP) is 5.21. The molecule has 0 saturated carbocycles. The average Bonchev–Trinajstić information content (AvgIpc) is 3.29. The molecule has 0 unspecified atom stereocenters. The molecule has 0 N–H and O–H groups in total. The molecule has 0 aliphatic carbocycles. The van der Waals surface area contributed by atoms with Crippen molar-refractivity contribution < 1.29 is 18.7 Å². The van der Waals surface area contributed by atoms with Crippen LogP contribution >= 0.6 is 22.9 Å². The van der Waals surface area contributed by atoms with E-state index in [0.29, 0.717) is 29.4 Å². The van der Waals surface area contributed by atoms with Gasteiger partial charge < -0.3 is 14.5 Å². The van der Waals surface area contributed by atoms with Gasteiger partial charge in [-0.05, 0) is 60.7 Å². The second-order valence-electron chi connectivity index (χ2n) is 7.75. The highest BCUT2D eigenvalue weighted by molar-refractivity contribution is 7.10. The molecule has 2 amide bonds. The van der Waals surface area contributed by atoms with Crippen LogP contribution in [-0.2, 0) is 11.2 Å². The molecule has 0 spiro atoms. The van der Waals surface area contributed by atoms with E-state index in [1.54, 1.807) is 52.6 Å². The van der Waals surface area contributed by atoms with E-state index >= 15 is 0 Å². The molecule has 1 aliphatic heterocycles. The van der Waals surface area contributed by atoms with E-state index in [2.05, 4.69) is 0 Å². The maximum atomic E-state index is 13.6. The smallest absolute Gasteiger partial charge is 0.254 e. The fourth-order valence-electron chi connectivity index (χ4n) is 3.99. The predicted molar refractivity (Wildman–Crippen MR) is 127 cm³/mol. The van der Waals surface area contributed by atoms with Gasteiger partial charge in [-0.15, -0.1) is 11.3 Å². The van der Waals surface area contributed by atoms with Gasteiger partial charge in [0, 0.05) is 34.6 Å². The summed E-state index contributed by atoms with van der Waals surface area (Å²) in [6.07, 6.45) is 0.754. The number of ether oxygens (including phenoxy) is 1. The quantitative estimate of drug-likeness (QED) is 0.460. The Morgan fingerprint density at radius 1 is 1.21 bits per heavy atom. The lowest BCUT2D eigenvalue weighted by Gasteiger charge is -2.37. The van der Waals surface area contributed by atoms with Crippen molar-refractivity contribution in [3.05, 3.63) is 86.8 Å². The van der Waals surface area contributed by atoms with Crippen molar-refractivity contribution in [2.45, 2.75) is 19.4 Å². The van der Waals surface area contributed by atoms with E-state index < -0.39 is 0 Å². The number of amides is 2. The summed E-state index contributed by atoms with van der Waals surface area (Å²) in [6, 6.07) is 14.4. The maximum absolute atomic E-state index is 13.6. The Morgan fingerprint density at radius 2 is 2.03 bits per heavy atom. The van der Waals surface area contributed by atoms with Gasteiger partial charge in [-0.1, -0.05) is 23.7 Å². The molecule has 0 radical (unpaired) electrons. The Balaban J connectivity index is 1.51. The molecule has 1 atom stereocenters. The first-order valence-corrected chi connectivity index (χ1v) is 12.0. The molecule has 1 aromatic heterocycles. The fourth-order valence-corrected chi connectivity index (χ4v) is 5.11. The van der Waals surface area contributed by atoms with Gasteiger partial charge >= 0.3 is 0 Å². The third-order valence-corrected chi connectivity index (χ3v) is 6.92. The van der Waals surface area contributed by atoms with Crippen LogP contribution in [0.3, 0.4) is 0 Å². The molecule has 2 aromatic carbocycles. The zero-order valence-corrected chi connectivity index (χ0v) is 19.7. The summed E-state index contributed by atoms with van der Waals surface area (Å²) in [5.41, 5.74) is 1.49. The van der Waals surface area contributed by atoms with E-state index in [-0.39, 0.29) is 36.8 Å². The SMILES string of the molecule is CCN(CC(=O)N1CCc2sccc2[C@@H]1COc1cccc(F)c1)C(=O)c1cccc(Cl)c1. The van der Waals surface area contributed by atoms with Crippen molar-refractivity contribution >= 4 is 34.8 Å². The zero-order valence-electron chi connectivity index (χ0n) is 18.2. The molecule has 0 bridgehead atoms. The van der Waals surface area contributed by atoms with Crippen molar-refractivity contribution in [2.75, 3.05) is 26.2 Å². The number of likely N-dealkylation sites (N-methyl/N-ethyl adjacent to an activating group) is 1. The molecule has 4 rings (SSSR count). The number of thiophene rings is 1. The first-order valence-electron chi connectivity index (χ1n) is 10.7. The van der Waals surface area contributed by atoms with Gasteiger partial charge in [0.1, 0.15) is 24.7 Å². The number of halogens is 2. The molecule has 172 valence electrons. The minimum atomic E-state index is -0.376. The Hall–Kier alpha value is -2.90. The van der Waals surface area contributed by atoms with E-state index in [9.17, 15) is 14.0 Å². The Morgan fingerprint density at radius 3 is 2.79 bits per heavy atom. The zero-order chi connectivity index (χ0) is 23.4. The number of nitrogens with zero attached hydrogens (tertiary/aromatic N) is 2. The van der Waals surface area contributed by atoms with Crippen molar-refractivity contribution in [3.8, 4) is 5.75 Å². The Labute approximate surface area is 201 Å². The summed E-state index contributed by atoms with van der Waals surface area (Å²) >= 11 is 7.69. The number of hydrogen-bond acceptors (Lipinski definition) is 4. The van der Waals surface area contributed by atoms with Crippen LogP contribution in [0.15, 0.2) is 60.0 Å². The second kappa shape index (κ2) is 10.4. The summed E-state index contributed by atoms with van der Waals surface area (Å²) in [5.74, 6) is -0.361. The van der Waals surface area contributed by atoms with Crippen LogP contribution in [0.5, 0.6) is 5.75 Å². The third-order valence-electron chi connectivity index (χ3n) is 5.69. The lowest BCUT2D eigenvalue weighted by molar-refractivity contribution is -0.135. The normalized spacial score (nSPS) is 15.1. The van der Waals surface area contributed by atoms with Crippen molar-refractivity contribution in [1.82, 2.24) is 9.80 Å². The number of fused-ring (bicyclic) bond motifs is 1. The highest BCUT2D eigenvalue weighted by atomic mass is 35.5. The summed E-state index contributed by atoms with van der Waals surface area (Å²) in [7, 11) is 0. The van der Waals surface area contributed by atoms with Crippen LogP contribution in [0, 0.1) is 5.82 Å². The average molecular weight is 487 g/mol. The summed E-state index contributed by atoms with van der Waals surface area (Å²) in [6.45, 7) is 2.92. The largest absolute Gasteiger partial charge is 0.491 e. The molecule has 8 heteroatoms. The van der Waals surface area contributed by atoms with E-state index in [1.807, 2.05) is 18.4 Å². The van der Waals surface area contributed by atoms with Crippen molar-refractivity contribution in [1.29, 1.82) is 0 Å². The van der Waals surface area contributed by atoms with Gasteiger partial charge in [-0.2, -0.15) is 0 Å².